The number of ether oxygens (including phenoxy) is 4. The number of rotatable bonds is 8. The maximum absolute atomic E-state index is 15.0. The van der Waals surface area contributed by atoms with Crippen LogP contribution in [-0.4, -0.2) is 47.3 Å². The quantitative estimate of drug-likeness (QED) is 0.312. The van der Waals surface area contributed by atoms with Gasteiger partial charge in [0.2, 0.25) is 0 Å². The summed E-state index contributed by atoms with van der Waals surface area (Å²) in [5, 5.41) is 12.9. The van der Waals surface area contributed by atoms with E-state index < -0.39 is 11.7 Å². The molecule has 4 aromatic rings. The molecular weight excluding hydrogens is 539 g/mol. The average molecular weight is 559 g/mol. The van der Waals surface area contributed by atoms with Crippen LogP contribution in [0.15, 0.2) is 47.2 Å². The highest BCUT2D eigenvalue weighted by Crippen LogP contribution is 2.35. The standard InChI is InChI=1S/C24H20BrFN4O6/c1-33-11-16-20(22(31)13(25)10-28-16)23(32)29-12-4-5-17(14(26)8-12)36-18-6-7-27-15-9-19(34-2)24(35-3)30-21(15)18/h4-10H,11H2,1-3H3,(H,28,31)(H,29,32). The molecule has 186 valence electrons. The molecule has 3 heterocycles. The summed E-state index contributed by atoms with van der Waals surface area (Å²) in [4.78, 5) is 25.6. The second-order valence-electron chi connectivity index (χ2n) is 7.29. The molecule has 0 aliphatic heterocycles. The normalized spacial score (nSPS) is 10.8. The smallest absolute Gasteiger partial charge is 0.261 e. The Morgan fingerprint density at radius 3 is 2.58 bits per heavy atom. The van der Waals surface area contributed by atoms with Crippen LogP contribution in [-0.2, 0) is 11.3 Å². The zero-order valence-electron chi connectivity index (χ0n) is 19.3. The van der Waals surface area contributed by atoms with Crippen LogP contribution < -0.4 is 19.5 Å². The van der Waals surface area contributed by atoms with Gasteiger partial charge in [-0.15, -0.1) is 0 Å². The van der Waals surface area contributed by atoms with Gasteiger partial charge in [0, 0.05) is 43.4 Å². The predicted octanol–water partition coefficient (Wildman–Crippen LogP) is 4.84. The van der Waals surface area contributed by atoms with Crippen LogP contribution in [0.4, 0.5) is 10.1 Å². The average Bonchev–Trinajstić information content (AvgIpc) is 2.87. The summed E-state index contributed by atoms with van der Waals surface area (Å²) < 4.78 is 36.5. The molecule has 2 N–H and O–H groups in total. The first-order valence-corrected chi connectivity index (χ1v) is 11.2. The number of methoxy groups -OCH3 is 3. The second kappa shape index (κ2) is 10.7. The minimum Gasteiger partial charge on any atom is -0.506 e. The summed E-state index contributed by atoms with van der Waals surface area (Å²) >= 11 is 3.14. The first-order valence-electron chi connectivity index (χ1n) is 10.4. The van der Waals surface area contributed by atoms with Crippen molar-refractivity contribution >= 4 is 38.6 Å². The molecule has 0 spiro atoms. The Bertz CT molecular complexity index is 1450. The molecule has 4 rings (SSSR count). The summed E-state index contributed by atoms with van der Waals surface area (Å²) in [5.74, 6) is -0.992. The lowest BCUT2D eigenvalue weighted by atomic mass is 10.1. The molecule has 0 saturated carbocycles. The molecule has 36 heavy (non-hydrogen) atoms. The number of carbonyl (C=O) groups excluding carboxylic acids is 1. The molecule has 1 amide bonds. The van der Waals surface area contributed by atoms with E-state index in [0.717, 1.165) is 6.07 Å². The van der Waals surface area contributed by atoms with Gasteiger partial charge in [-0.25, -0.2) is 9.37 Å². The number of amides is 1. The van der Waals surface area contributed by atoms with Crippen molar-refractivity contribution in [2.75, 3.05) is 26.6 Å². The zero-order valence-corrected chi connectivity index (χ0v) is 20.9. The molecule has 0 aliphatic rings. The zero-order chi connectivity index (χ0) is 25.8. The van der Waals surface area contributed by atoms with Gasteiger partial charge >= 0.3 is 0 Å². The van der Waals surface area contributed by atoms with Gasteiger partial charge in [-0.2, -0.15) is 0 Å². The van der Waals surface area contributed by atoms with Crippen molar-refractivity contribution in [2.24, 2.45) is 0 Å². The fourth-order valence-corrected chi connectivity index (χ4v) is 3.66. The maximum atomic E-state index is 15.0. The van der Waals surface area contributed by atoms with Gasteiger partial charge in [-0.1, -0.05) is 0 Å². The Hall–Kier alpha value is -4.03. The fraction of sp³-hybridized carbons (Fsp3) is 0.167. The summed E-state index contributed by atoms with van der Waals surface area (Å²) in [6, 6.07) is 7.07. The number of anilines is 1. The first kappa shape index (κ1) is 25.1. The van der Waals surface area contributed by atoms with Crippen LogP contribution in [0.1, 0.15) is 16.1 Å². The number of benzene rings is 1. The molecule has 0 bridgehead atoms. The van der Waals surface area contributed by atoms with E-state index in [1.165, 1.54) is 51.9 Å². The van der Waals surface area contributed by atoms with Crippen LogP contribution in [0.25, 0.3) is 11.0 Å². The molecular formula is C24H20BrFN4O6. The highest BCUT2D eigenvalue weighted by Gasteiger charge is 2.21. The number of hydrogen-bond acceptors (Lipinski definition) is 9. The van der Waals surface area contributed by atoms with Gasteiger partial charge < -0.3 is 29.4 Å². The summed E-state index contributed by atoms with van der Waals surface area (Å²) in [6.07, 6.45) is 2.85. The van der Waals surface area contributed by atoms with Crippen molar-refractivity contribution in [1.29, 1.82) is 0 Å². The molecule has 0 unspecified atom stereocenters. The Labute approximate surface area is 213 Å². The van der Waals surface area contributed by atoms with E-state index in [-0.39, 0.29) is 51.2 Å². The number of fused-ring (bicyclic) bond motifs is 1. The maximum Gasteiger partial charge on any atom is 0.261 e. The molecule has 0 aliphatic carbocycles. The molecule has 1 aromatic carbocycles. The molecule has 12 heteroatoms. The fourth-order valence-electron chi connectivity index (χ4n) is 3.36. The Balaban J connectivity index is 1.60. The van der Waals surface area contributed by atoms with Crippen LogP contribution in [0, 0.1) is 5.82 Å². The van der Waals surface area contributed by atoms with Gasteiger partial charge in [0.25, 0.3) is 11.8 Å². The lowest BCUT2D eigenvalue weighted by Gasteiger charge is -2.13. The number of halogens is 2. The summed E-state index contributed by atoms with van der Waals surface area (Å²) in [7, 11) is 4.36. The number of pyridine rings is 3. The Kier molecular flexibility index (Phi) is 7.46. The van der Waals surface area contributed by atoms with E-state index in [2.05, 4.69) is 36.2 Å². The van der Waals surface area contributed by atoms with Crippen LogP contribution in [0.5, 0.6) is 28.9 Å². The number of carbonyl (C=O) groups is 1. The lowest BCUT2D eigenvalue weighted by molar-refractivity contribution is 0.101. The predicted molar refractivity (Wildman–Crippen MR) is 131 cm³/mol. The van der Waals surface area contributed by atoms with Gasteiger partial charge in [0.05, 0.1) is 36.5 Å². The summed E-state index contributed by atoms with van der Waals surface area (Å²) in [6.45, 7) is -0.00465. The van der Waals surface area contributed by atoms with Crippen molar-refractivity contribution in [3.8, 4) is 28.9 Å². The number of aromatic hydroxyl groups is 1. The first-order chi connectivity index (χ1) is 17.4. The second-order valence-corrected chi connectivity index (χ2v) is 8.14. The highest BCUT2D eigenvalue weighted by molar-refractivity contribution is 9.10. The van der Waals surface area contributed by atoms with Crippen molar-refractivity contribution < 1.29 is 33.2 Å². The molecule has 0 atom stereocenters. The van der Waals surface area contributed by atoms with E-state index in [1.807, 2.05) is 0 Å². The van der Waals surface area contributed by atoms with Crippen molar-refractivity contribution in [2.45, 2.75) is 6.61 Å². The SMILES string of the molecule is COCc1ncc(Br)c(O)c1C(=O)Nc1ccc(Oc2ccnc3cc(OC)c(OC)nc23)c(F)c1. The van der Waals surface area contributed by atoms with E-state index in [9.17, 15) is 14.3 Å². The Morgan fingerprint density at radius 1 is 1.08 bits per heavy atom. The third kappa shape index (κ3) is 4.99. The van der Waals surface area contributed by atoms with Gasteiger partial charge in [0.1, 0.15) is 16.8 Å². The Morgan fingerprint density at radius 2 is 1.89 bits per heavy atom. The topological polar surface area (TPSA) is 125 Å². The third-order valence-corrected chi connectivity index (χ3v) is 5.60. The molecule has 0 fully saturated rings. The minimum absolute atomic E-state index is 0.00465. The number of nitrogens with zero attached hydrogens (tertiary/aromatic N) is 3. The minimum atomic E-state index is -0.744. The van der Waals surface area contributed by atoms with E-state index in [1.54, 1.807) is 6.07 Å². The van der Waals surface area contributed by atoms with Crippen LogP contribution >= 0.6 is 15.9 Å². The van der Waals surface area contributed by atoms with Gasteiger partial charge in [-0.3, -0.25) is 14.8 Å². The van der Waals surface area contributed by atoms with Crippen molar-refractivity contribution in [3.63, 3.8) is 0 Å². The number of aromatic nitrogens is 3. The highest BCUT2D eigenvalue weighted by atomic mass is 79.9. The van der Waals surface area contributed by atoms with E-state index >= 15 is 0 Å². The monoisotopic (exact) mass is 558 g/mol. The summed E-state index contributed by atoms with van der Waals surface area (Å²) in [5.41, 5.74) is 1.07. The number of nitrogens with one attached hydrogen (secondary N) is 1. The number of hydrogen-bond donors (Lipinski definition) is 2. The molecule has 3 aromatic heterocycles. The van der Waals surface area contributed by atoms with E-state index in [4.69, 9.17) is 18.9 Å². The largest absolute Gasteiger partial charge is 0.506 e. The van der Waals surface area contributed by atoms with Crippen molar-refractivity contribution in [3.05, 3.63) is 64.3 Å². The molecule has 0 radical (unpaired) electrons. The van der Waals surface area contributed by atoms with Crippen LogP contribution in [0.2, 0.25) is 0 Å². The van der Waals surface area contributed by atoms with Gasteiger partial charge in [-0.05, 0) is 28.1 Å². The molecule has 0 saturated heterocycles. The van der Waals surface area contributed by atoms with Gasteiger partial charge in [0.15, 0.2) is 23.1 Å². The van der Waals surface area contributed by atoms with Crippen molar-refractivity contribution in [1.82, 2.24) is 15.0 Å². The third-order valence-electron chi connectivity index (χ3n) is 5.02. The van der Waals surface area contributed by atoms with E-state index in [0.29, 0.717) is 16.8 Å². The lowest BCUT2D eigenvalue weighted by Crippen LogP contribution is -2.16. The van der Waals surface area contributed by atoms with Crippen LogP contribution in [0.3, 0.4) is 0 Å². The molecule has 10 nitrogen and oxygen atoms in total.